The molecule has 0 radical (unpaired) electrons. The molecule has 5 heteroatoms. The van der Waals surface area contributed by atoms with Gasteiger partial charge in [-0.1, -0.05) is 54.1 Å². The van der Waals surface area contributed by atoms with E-state index in [1.807, 2.05) is 79.7 Å². The standard InChI is InChI=1S/C25H18ClN3O/c1-16-23(17-7-6-12-21(14-17)30-20-10-3-2-4-11-20)22(15-27)25(28)29-24(16)18-8-5-9-19(26)13-18/h2-14H,1H3,(H2,28,29). The van der Waals surface area contributed by atoms with E-state index in [1.54, 1.807) is 6.07 Å². The average molecular weight is 412 g/mol. The van der Waals surface area contributed by atoms with Gasteiger partial charge >= 0.3 is 0 Å². The summed E-state index contributed by atoms with van der Waals surface area (Å²) in [7, 11) is 0. The summed E-state index contributed by atoms with van der Waals surface area (Å²) < 4.78 is 5.97. The lowest BCUT2D eigenvalue weighted by atomic mass is 9.92. The Morgan fingerprint density at radius 3 is 2.33 bits per heavy atom. The largest absolute Gasteiger partial charge is 0.457 e. The van der Waals surface area contributed by atoms with Gasteiger partial charge in [-0.05, 0) is 54.4 Å². The summed E-state index contributed by atoms with van der Waals surface area (Å²) in [5.41, 5.74) is 10.5. The number of aromatic nitrogens is 1. The maximum atomic E-state index is 9.77. The second kappa shape index (κ2) is 8.28. The van der Waals surface area contributed by atoms with E-state index in [0.717, 1.165) is 28.0 Å². The van der Waals surface area contributed by atoms with Gasteiger partial charge in [0.1, 0.15) is 28.9 Å². The van der Waals surface area contributed by atoms with E-state index < -0.39 is 0 Å². The van der Waals surface area contributed by atoms with Gasteiger partial charge in [0.2, 0.25) is 0 Å². The quantitative estimate of drug-likeness (QED) is 0.409. The zero-order chi connectivity index (χ0) is 21.1. The van der Waals surface area contributed by atoms with Crippen LogP contribution < -0.4 is 10.5 Å². The van der Waals surface area contributed by atoms with Gasteiger partial charge < -0.3 is 10.5 Å². The van der Waals surface area contributed by atoms with Crippen molar-refractivity contribution in [3.63, 3.8) is 0 Å². The number of nitriles is 1. The molecular formula is C25H18ClN3O. The van der Waals surface area contributed by atoms with Gasteiger partial charge in [-0.15, -0.1) is 0 Å². The Balaban J connectivity index is 1.86. The number of anilines is 1. The summed E-state index contributed by atoms with van der Waals surface area (Å²) in [6.07, 6.45) is 0. The first kappa shape index (κ1) is 19.5. The summed E-state index contributed by atoms with van der Waals surface area (Å²) in [5.74, 6) is 1.59. The third kappa shape index (κ3) is 3.84. The van der Waals surface area contributed by atoms with Gasteiger partial charge in [-0.25, -0.2) is 4.98 Å². The molecule has 1 heterocycles. The summed E-state index contributed by atoms with van der Waals surface area (Å²) >= 11 is 6.17. The van der Waals surface area contributed by atoms with Gasteiger partial charge in [-0.2, -0.15) is 5.26 Å². The Labute approximate surface area is 180 Å². The molecule has 0 amide bonds. The zero-order valence-corrected chi connectivity index (χ0v) is 17.0. The lowest BCUT2D eigenvalue weighted by Gasteiger charge is -2.16. The number of nitrogen functional groups attached to an aromatic ring is 1. The SMILES string of the molecule is Cc1c(-c2cccc(Cl)c2)nc(N)c(C#N)c1-c1cccc(Oc2ccccc2)c1. The second-order valence-corrected chi connectivity index (χ2v) is 7.22. The molecule has 0 saturated heterocycles. The van der Waals surface area contributed by atoms with Crippen molar-refractivity contribution < 1.29 is 4.74 Å². The average Bonchev–Trinajstić information content (AvgIpc) is 2.75. The predicted octanol–water partition coefficient (Wildman–Crippen LogP) is 6.62. The van der Waals surface area contributed by atoms with Crippen LogP contribution >= 0.6 is 11.6 Å². The van der Waals surface area contributed by atoms with Crippen molar-refractivity contribution in [3.05, 3.63) is 95.0 Å². The van der Waals surface area contributed by atoms with Gasteiger partial charge in [0.05, 0.1) is 5.69 Å². The monoisotopic (exact) mass is 411 g/mol. The Morgan fingerprint density at radius 1 is 0.900 bits per heavy atom. The van der Waals surface area contributed by atoms with E-state index in [-0.39, 0.29) is 5.82 Å². The fourth-order valence-corrected chi connectivity index (χ4v) is 3.62. The van der Waals surface area contributed by atoms with E-state index in [4.69, 9.17) is 22.1 Å². The molecule has 0 aliphatic carbocycles. The number of hydrogen-bond donors (Lipinski definition) is 1. The first-order chi connectivity index (χ1) is 14.6. The molecule has 0 atom stereocenters. The van der Waals surface area contributed by atoms with Crippen LogP contribution in [-0.4, -0.2) is 4.98 Å². The highest BCUT2D eigenvalue weighted by molar-refractivity contribution is 6.30. The number of halogens is 1. The first-order valence-corrected chi connectivity index (χ1v) is 9.74. The van der Waals surface area contributed by atoms with Gasteiger partial charge in [0.25, 0.3) is 0 Å². The topological polar surface area (TPSA) is 71.9 Å². The van der Waals surface area contributed by atoms with Crippen LogP contribution in [0, 0.1) is 18.3 Å². The highest BCUT2D eigenvalue weighted by Gasteiger charge is 2.19. The van der Waals surface area contributed by atoms with Crippen molar-refractivity contribution in [2.45, 2.75) is 6.92 Å². The van der Waals surface area contributed by atoms with Crippen LogP contribution in [0.15, 0.2) is 78.9 Å². The van der Waals surface area contributed by atoms with Crippen molar-refractivity contribution >= 4 is 17.4 Å². The minimum absolute atomic E-state index is 0.183. The van der Waals surface area contributed by atoms with Crippen molar-refractivity contribution in [3.8, 4) is 40.0 Å². The van der Waals surface area contributed by atoms with Crippen molar-refractivity contribution in [1.82, 2.24) is 4.98 Å². The summed E-state index contributed by atoms with van der Waals surface area (Å²) in [6, 6.07) is 26.8. The Bertz CT molecular complexity index is 1260. The molecule has 3 aromatic carbocycles. The van der Waals surface area contributed by atoms with Crippen LogP contribution in [0.25, 0.3) is 22.4 Å². The van der Waals surface area contributed by atoms with Gasteiger partial charge in [0, 0.05) is 16.1 Å². The molecule has 30 heavy (non-hydrogen) atoms. The molecular weight excluding hydrogens is 394 g/mol. The number of hydrogen-bond acceptors (Lipinski definition) is 4. The molecule has 0 spiro atoms. The van der Waals surface area contributed by atoms with E-state index in [2.05, 4.69) is 11.1 Å². The third-order valence-corrected chi connectivity index (χ3v) is 5.02. The molecule has 0 aliphatic rings. The van der Waals surface area contributed by atoms with E-state index >= 15 is 0 Å². The van der Waals surface area contributed by atoms with E-state index in [1.165, 1.54) is 0 Å². The molecule has 0 saturated carbocycles. The molecule has 0 aliphatic heterocycles. The first-order valence-electron chi connectivity index (χ1n) is 9.36. The molecule has 4 rings (SSSR count). The van der Waals surface area contributed by atoms with Crippen LogP contribution in [0.3, 0.4) is 0 Å². The maximum Gasteiger partial charge on any atom is 0.142 e. The molecule has 2 N–H and O–H groups in total. The van der Waals surface area contributed by atoms with Crippen LogP contribution in [0.4, 0.5) is 5.82 Å². The number of para-hydroxylation sites is 1. The summed E-state index contributed by atoms with van der Waals surface area (Å²) in [4.78, 5) is 4.50. The number of ether oxygens (including phenoxy) is 1. The molecule has 4 nitrogen and oxygen atoms in total. The number of nitrogens with two attached hydrogens (primary N) is 1. The lowest BCUT2D eigenvalue weighted by Crippen LogP contribution is -2.03. The van der Waals surface area contributed by atoms with Crippen molar-refractivity contribution in [2.75, 3.05) is 5.73 Å². The second-order valence-electron chi connectivity index (χ2n) is 6.79. The smallest absolute Gasteiger partial charge is 0.142 e. The van der Waals surface area contributed by atoms with Crippen LogP contribution in [0.2, 0.25) is 5.02 Å². The number of benzene rings is 3. The minimum Gasteiger partial charge on any atom is -0.457 e. The highest BCUT2D eigenvalue weighted by atomic mass is 35.5. The highest BCUT2D eigenvalue weighted by Crippen LogP contribution is 2.37. The number of rotatable bonds is 4. The summed E-state index contributed by atoms with van der Waals surface area (Å²) in [6.45, 7) is 1.93. The Hall–Kier alpha value is -3.81. The van der Waals surface area contributed by atoms with E-state index in [0.29, 0.717) is 22.0 Å². The third-order valence-electron chi connectivity index (χ3n) is 4.78. The van der Waals surface area contributed by atoms with Crippen LogP contribution in [-0.2, 0) is 0 Å². The number of pyridine rings is 1. The molecule has 0 bridgehead atoms. The normalized spacial score (nSPS) is 10.4. The van der Waals surface area contributed by atoms with Crippen LogP contribution in [0.1, 0.15) is 11.1 Å². The summed E-state index contributed by atoms with van der Waals surface area (Å²) in [5, 5.41) is 10.4. The molecule has 4 aromatic rings. The van der Waals surface area contributed by atoms with Crippen molar-refractivity contribution in [1.29, 1.82) is 5.26 Å². The molecule has 1 aromatic heterocycles. The van der Waals surface area contributed by atoms with E-state index in [9.17, 15) is 5.26 Å². The molecule has 146 valence electrons. The fourth-order valence-electron chi connectivity index (χ4n) is 3.42. The zero-order valence-electron chi connectivity index (χ0n) is 16.3. The van der Waals surface area contributed by atoms with Crippen LogP contribution in [0.5, 0.6) is 11.5 Å². The fraction of sp³-hybridized carbons (Fsp3) is 0.0400. The minimum atomic E-state index is 0.183. The maximum absolute atomic E-state index is 9.77. The Morgan fingerprint density at radius 2 is 1.60 bits per heavy atom. The Kier molecular flexibility index (Phi) is 5.38. The predicted molar refractivity (Wildman–Crippen MR) is 120 cm³/mol. The molecule has 0 unspecified atom stereocenters. The van der Waals surface area contributed by atoms with Crippen molar-refractivity contribution in [2.24, 2.45) is 0 Å². The lowest BCUT2D eigenvalue weighted by molar-refractivity contribution is 0.483. The number of nitrogens with zero attached hydrogens (tertiary/aromatic N) is 2. The van der Waals surface area contributed by atoms with Gasteiger partial charge in [0.15, 0.2) is 0 Å². The molecule has 0 fully saturated rings. The van der Waals surface area contributed by atoms with Gasteiger partial charge in [-0.3, -0.25) is 0 Å².